The Morgan fingerprint density at radius 3 is 2.60 bits per heavy atom. The van der Waals surface area contributed by atoms with Crippen LogP contribution in [0.1, 0.15) is 63.4 Å². The number of rotatable bonds is 9. The number of nitrogens with zero attached hydrogens (tertiary/aromatic N) is 4. The zero-order valence-corrected chi connectivity index (χ0v) is 18.6. The number of H-pyrrole nitrogens is 1. The molecule has 0 unspecified atom stereocenters. The van der Waals surface area contributed by atoms with E-state index in [9.17, 15) is 4.79 Å². The van der Waals surface area contributed by atoms with Gasteiger partial charge in [-0.25, -0.2) is 0 Å². The first-order valence-electron chi connectivity index (χ1n) is 10.2. The van der Waals surface area contributed by atoms with Gasteiger partial charge in [-0.15, -0.1) is 0 Å². The normalized spacial score (nSPS) is 11.4. The minimum atomic E-state index is -0.0683. The first-order valence-corrected chi connectivity index (χ1v) is 10.6. The molecule has 0 bridgehead atoms. The van der Waals surface area contributed by atoms with Gasteiger partial charge in [-0.3, -0.25) is 9.89 Å². The Morgan fingerprint density at radius 1 is 1.20 bits per heavy atom. The lowest BCUT2D eigenvalue weighted by Crippen LogP contribution is -2.26. The van der Waals surface area contributed by atoms with Crippen molar-refractivity contribution in [2.45, 2.75) is 58.9 Å². The fourth-order valence-electron chi connectivity index (χ4n) is 3.16. The molecule has 8 nitrogen and oxygen atoms in total. The van der Waals surface area contributed by atoms with Gasteiger partial charge in [0.15, 0.2) is 4.77 Å². The van der Waals surface area contributed by atoms with E-state index in [0.717, 1.165) is 11.4 Å². The van der Waals surface area contributed by atoms with Crippen LogP contribution < -0.4 is 5.32 Å². The first-order chi connectivity index (χ1) is 14.3. The van der Waals surface area contributed by atoms with Crippen molar-refractivity contribution >= 4 is 18.1 Å². The number of aryl methyl sites for hydroxylation is 1. The fraction of sp³-hybridized carbons (Fsp3) is 0.476. The molecule has 9 heteroatoms. The third-order valence-electron chi connectivity index (χ3n) is 4.83. The maximum Gasteiger partial charge on any atom is 0.227 e. The molecule has 0 aliphatic rings. The summed E-state index contributed by atoms with van der Waals surface area (Å²) in [5, 5.41) is 14.0. The van der Waals surface area contributed by atoms with E-state index in [2.05, 4.69) is 51.6 Å². The lowest BCUT2D eigenvalue weighted by atomic mass is 10.0. The van der Waals surface area contributed by atoms with Gasteiger partial charge in [0.25, 0.3) is 0 Å². The summed E-state index contributed by atoms with van der Waals surface area (Å²) in [5.74, 6) is 2.23. The Bertz CT molecular complexity index is 1030. The van der Waals surface area contributed by atoms with E-state index in [1.165, 1.54) is 5.56 Å². The molecule has 1 amide bonds. The largest absolute Gasteiger partial charge is 0.356 e. The molecule has 0 aliphatic carbocycles. The molecular weight excluding hydrogens is 400 g/mol. The van der Waals surface area contributed by atoms with Crippen LogP contribution in [0.5, 0.6) is 0 Å². The van der Waals surface area contributed by atoms with Gasteiger partial charge in [0, 0.05) is 37.4 Å². The van der Waals surface area contributed by atoms with Crippen LogP contribution in [0.2, 0.25) is 0 Å². The molecule has 2 heterocycles. The molecular formula is C21H28N6O2S. The number of carbonyl (C=O) groups excluding carboxylic acids is 1. The van der Waals surface area contributed by atoms with Crippen molar-refractivity contribution in [3.05, 3.63) is 46.3 Å². The van der Waals surface area contributed by atoms with Crippen molar-refractivity contribution in [1.29, 1.82) is 0 Å². The third-order valence-corrected chi connectivity index (χ3v) is 5.12. The molecule has 0 spiro atoms. The van der Waals surface area contributed by atoms with Gasteiger partial charge >= 0.3 is 0 Å². The van der Waals surface area contributed by atoms with Gasteiger partial charge in [-0.2, -0.15) is 10.1 Å². The van der Waals surface area contributed by atoms with Crippen LogP contribution in [0.4, 0.5) is 0 Å². The van der Waals surface area contributed by atoms with Crippen molar-refractivity contribution in [2.75, 3.05) is 6.54 Å². The molecule has 0 radical (unpaired) electrons. The Balaban J connectivity index is 1.47. The number of hydrogen-bond donors (Lipinski definition) is 2. The minimum absolute atomic E-state index is 0.0683. The van der Waals surface area contributed by atoms with E-state index in [0.29, 0.717) is 41.8 Å². The molecule has 0 atom stereocenters. The van der Waals surface area contributed by atoms with Gasteiger partial charge in [0.2, 0.25) is 17.6 Å². The van der Waals surface area contributed by atoms with E-state index >= 15 is 0 Å². The van der Waals surface area contributed by atoms with Crippen molar-refractivity contribution in [3.8, 4) is 11.4 Å². The van der Waals surface area contributed by atoms with Crippen molar-refractivity contribution < 1.29 is 9.32 Å². The molecule has 30 heavy (non-hydrogen) atoms. The molecule has 1 aromatic carbocycles. The summed E-state index contributed by atoms with van der Waals surface area (Å²) in [6.07, 6.45) is 1.28. The lowest BCUT2D eigenvalue weighted by Gasteiger charge is -2.10. The molecule has 2 aromatic heterocycles. The summed E-state index contributed by atoms with van der Waals surface area (Å²) in [6, 6.07) is 8.34. The maximum atomic E-state index is 12.2. The highest BCUT2D eigenvalue weighted by Crippen LogP contribution is 2.20. The maximum absolute atomic E-state index is 12.2. The van der Waals surface area contributed by atoms with Gasteiger partial charge < -0.3 is 14.4 Å². The van der Waals surface area contributed by atoms with E-state index in [-0.39, 0.29) is 18.4 Å². The van der Waals surface area contributed by atoms with Crippen LogP contribution >= 0.6 is 12.2 Å². The average molecular weight is 429 g/mol. The molecule has 2 N–H and O–H groups in total. The molecule has 0 saturated carbocycles. The topological polar surface area (TPSA) is 102 Å². The van der Waals surface area contributed by atoms with Crippen LogP contribution in [0, 0.1) is 4.77 Å². The van der Waals surface area contributed by atoms with Crippen LogP contribution in [0.15, 0.2) is 28.8 Å². The highest BCUT2D eigenvalue weighted by molar-refractivity contribution is 7.71. The van der Waals surface area contributed by atoms with E-state index in [1.807, 2.05) is 30.5 Å². The molecule has 0 saturated heterocycles. The van der Waals surface area contributed by atoms with Crippen molar-refractivity contribution in [2.24, 2.45) is 0 Å². The Labute approximate surface area is 181 Å². The molecule has 3 rings (SSSR count). The fourth-order valence-corrected chi connectivity index (χ4v) is 3.52. The molecule has 0 fully saturated rings. The number of hydrogen-bond acceptors (Lipinski definition) is 6. The van der Waals surface area contributed by atoms with E-state index < -0.39 is 0 Å². The van der Waals surface area contributed by atoms with Crippen LogP contribution in [-0.2, 0) is 17.6 Å². The minimum Gasteiger partial charge on any atom is -0.356 e. The summed E-state index contributed by atoms with van der Waals surface area (Å²) >= 11 is 5.24. The lowest BCUT2D eigenvalue weighted by molar-refractivity contribution is -0.121. The Hall–Kier alpha value is -2.81. The molecule has 0 aliphatic heterocycles. The predicted octanol–water partition coefficient (Wildman–Crippen LogP) is 3.99. The number of nitrogens with one attached hydrogen (secondary N) is 2. The Morgan fingerprint density at radius 2 is 1.93 bits per heavy atom. The monoisotopic (exact) mass is 428 g/mol. The predicted molar refractivity (Wildman–Crippen MR) is 117 cm³/mol. The number of aromatic nitrogens is 5. The van der Waals surface area contributed by atoms with Gasteiger partial charge in [0.1, 0.15) is 5.82 Å². The molecule has 160 valence electrons. The highest BCUT2D eigenvalue weighted by Gasteiger charge is 2.12. The summed E-state index contributed by atoms with van der Waals surface area (Å²) in [5.41, 5.74) is 2.16. The summed E-state index contributed by atoms with van der Waals surface area (Å²) < 4.78 is 7.84. The average Bonchev–Trinajstić information content (AvgIpc) is 3.33. The van der Waals surface area contributed by atoms with Gasteiger partial charge in [-0.05, 0) is 37.5 Å². The highest BCUT2D eigenvalue weighted by atomic mass is 32.1. The molecule has 3 aromatic rings. The number of benzene rings is 1. The second-order valence-corrected chi connectivity index (χ2v) is 8.18. The van der Waals surface area contributed by atoms with Crippen molar-refractivity contribution in [1.82, 2.24) is 30.2 Å². The first kappa shape index (κ1) is 21.9. The van der Waals surface area contributed by atoms with Gasteiger partial charge in [0.05, 0.1) is 0 Å². The zero-order chi connectivity index (χ0) is 21.7. The van der Waals surface area contributed by atoms with E-state index in [1.54, 1.807) is 0 Å². The standard InChI is InChI=1S/C21H28N6O2S/c1-13(2)15-5-7-16(8-6-15)20-23-19(29-26-20)10-9-18(28)22-12-11-17-24-25-21(30)27(17)14(3)4/h5-8,13-14H,9-12H2,1-4H3,(H,22,28)(H,25,30). The van der Waals surface area contributed by atoms with Crippen molar-refractivity contribution in [3.63, 3.8) is 0 Å². The number of carbonyl (C=O) groups is 1. The van der Waals surface area contributed by atoms with Crippen LogP contribution in [-0.4, -0.2) is 37.4 Å². The quantitative estimate of drug-likeness (QED) is 0.500. The third kappa shape index (κ3) is 5.41. The second-order valence-electron chi connectivity index (χ2n) is 7.80. The summed E-state index contributed by atoms with van der Waals surface area (Å²) in [7, 11) is 0. The second kappa shape index (κ2) is 9.80. The zero-order valence-electron chi connectivity index (χ0n) is 17.8. The van der Waals surface area contributed by atoms with Crippen LogP contribution in [0.25, 0.3) is 11.4 Å². The number of amides is 1. The Kier molecular flexibility index (Phi) is 7.15. The summed E-state index contributed by atoms with van der Waals surface area (Å²) in [4.78, 5) is 16.6. The van der Waals surface area contributed by atoms with Gasteiger partial charge in [-0.1, -0.05) is 43.3 Å². The van der Waals surface area contributed by atoms with E-state index in [4.69, 9.17) is 16.7 Å². The van der Waals surface area contributed by atoms with Crippen LogP contribution in [0.3, 0.4) is 0 Å². The SMILES string of the molecule is CC(C)c1ccc(-c2noc(CCC(=O)NCCc3n[nH]c(=S)n3C(C)C)n2)cc1. The smallest absolute Gasteiger partial charge is 0.227 e. The summed E-state index contributed by atoms with van der Waals surface area (Å²) in [6.45, 7) is 8.89. The number of aromatic amines is 1.